The van der Waals surface area contributed by atoms with Gasteiger partial charge in [-0.15, -0.1) is 0 Å². The van der Waals surface area contributed by atoms with E-state index < -0.39 is 17.9 Å². The summed E-state index contributed by atoms with van der Waals surface area (Å²) in [4.78, 5) is 21.7. The van der Waals surface area contributed by atoms with Crippen LogP contribution in [0, 0.1) is 0 Å². The van der Waals surface area contributed by atoms with Crippen molar-refractivity contribution in [3.8, 4) is 0 Å². The number of carbonyl (C=O) groups is 2. The minimum absolute atomic E-state index is 0. The summed E-state index contributed by atoms with van der Waals surface area (Å²) in [5.41, 5.74) is 5.04. The van der Waals surface area contributed by atoms with Gasteiger partial charge in [-0.3, -0.25) is 9.59 Å². The van der Waals surface area contributed by atoms with E-state index in [-0.39, 0.29) is 42.4 Å². The Morgan fingerprint density at radius 3 is 1.87 bits per heavy atom. The van der Waals surface area contributed by atoms with Gasteiger partial charge in [0.1, 0.15) is 6.04 Å². The van der Waals surface area contributed by atoms with Crippen LogP contribution in [0.5, 0.6) is 0 Å². The Labute approximate surface area is 163 Å². The second-order valence-electron chi connectivity index (χ2n) is 6.03. The molecule has 0 bridgehead atoms. The molecular weight excluding hydrogens is 303 g/mol. The number of unbranched alkanes of at least 4 members (excludes halogenated alkanes) is 9. The van der Waals surface area contributed by atoms with E-state index in [9.17, 15) is 9.59 Å². The smallest absolute Gasteiger partial charge is 0.320 e. The number of rotatable bonds is 16. The molecular formula is C17H34N2NaO3. The van der Waals surface area contributed by atoms with Gasteiger partial charge >= 0.3 is 5.97 Å². The third-order valence-electron chi connectivity index (χ3n) is 3.90. The average molecular weight is 337 g/mol. The molecule has 0 saturated carbocycles. The Balaban J connectivity index is 0. The van der Waals surface area contributed by atoms with Crippen molar-refractivity contribution in [2.24, 2.45) is 5.73 Å². The van der Waals surface area contributed by atoms with Gasteiger partial charge in [-0.1, -0.05) is 64.7 Å². The van der Waals surface area contributed by atoms with Gasteiger partial charge in [0.2, 0.25) is 5.91 Å². The van der Waals surface area contributed by atoms with Crippen LogP contribution in [0.1, 0.15) is 84.0 Å². The maximum absolute atomic E-state index is 11.0. The molecule has 0 fully saturated rings. The molecule has 4 N–H and O–H groups in total. The van der Waals surface area contributed by atoms with Gasteiger partial charge in [0.25, 0.3) is 0 Å². The molecule has 0 aliphatic rings. The maximum atomic E-state index is 11.0. The fourth-order valence-corrected chi connectivity index (χ4v) is 2.49. The van der Waals surface area contributed by atoms with Crippen LogP contribution in [0.2, 0.25) is 0 Å². The SMILES string of the molecule is CCCCCCCCCCCCN[C@@H](CCC(N)=O)C(=O)O.[Na]. The van der Waals surface area contributed by atoms with Crippen LogP contribution in [-0.2, 0) is 9.59 Å². The minimum Gasteiger partial charge on any atom is -0.480 e. The van der Waals surface area contributed by atoms with Crippen molar-refractivity contribution in [2.45, 2.75) is 90.0 Å². The van der Waals surface area contributed by atoms with Crippen LogP contribution in [0.15, 0.2) is 0 Å². The zero-order valence-corrected chi connectivity index (χ0v) is 17.1. The van der Waals surface area contributed by atoms with E-state index in [0.717, 1.165) is 12.8 Å². The summed E-state index contributed by atoms with van der Waals surface area (Å²) < 4.78 is 0. The number of nitrogens with one attached hydrogen (secondary N) is 1. The standard InChI is InChI=1S/C17H34N2O3.Na/c1-2-3-4-5-6-7-8-9-10-11-14-19-15(17(21)22)12-13-16(18)20;/h15,19H,2-14H2,1H3,(H2,18,20)(H,21,22);/t15-;/m0./s1. The first-order chi connectivity index (χ1) is 10.6. The van der Waals surface area contributed by atoms with Crippen LogP contribution in [-0.4, -0.2) is 59.1 Å². The number of carbonyl (C=O) groups excluding carboxylic acids is 1. The zero-order chi connectivity index (χ0) is 16.6. The molecule has 5 nitrogen and oxygen atoms in total. The number of primary amides is 1. The Hall–Kier alpha value is -0.100. The molecule has 0 unspecified atom stereocenters. The number of nitrogens with two attached hydrogens (primary N) is 1. The third kappa shape index (κ3) is 18.1. The predicted molar refractivity (Wildman–Crippen MR) is 95.5 cm³/mol. The van der Waals surface area contributed by atoms with Crippen LogP contribution in [0.4, 0.5) is 0 Å². The molecule has 0 spiro atoms. The molecule has 0 aliphatic carbocycles. The molecule has 0 aromatic rings. The fraction of sp³-hybridized carbons (Fsp3) is 0.882. The van der Waals surface area contributed by atoms with Crippen molar-refractivity contribution in [2.75, 3.05) is 6.54 Å². The second kappa shape index (κ2) is 18.2. The molecule has 23 heavy (non-hydrogen) atoms. The molecule has 131 valence electrons. The van der Waals surface area contributed by atoms with Gasteiger partial charge in [0, 0.05) is 36.0 Å². The number of aliphatic carboxylic acids is 1. The van der Waals surface area contributed by atoms with Gasteiger partial charge in [0.05, 0.1) is 0 Å². The first kappa shape index (κ1) is 25.1. The van der Waals surface area contributed by atoms with E-state index in [2.05, 4.69) is 12.2 Å². The number of hydrogen-bond donors (Lipinski definition) is 3. The van der Waals surface area contributed by atoms with Crippen molar-refractivity contribution in [3.05, 3.63) is 0 Å². The molecule has 1 atom stereocenters. The van der Waals surface area contributed by atoms with E-state index in [1.165, 1.54) is 51.4 Å². The van der Waals surface area contributed by atoms with Crippen molar-refractivity contribution < 1.29 is 14.7 Å². The average Bonchev–Trinajstić information content (AvgIpc) is 2.47. The van der Waals surface area contributed by atoms with Gasteiger partial charge in [-0.25, -0.2) is 0 Å². The van der Waals surface area contributed by atoms with Gasteiger partial charge in [-0.05, 0) is 19.4 Å². The van der Waals surface area contributed by atoms with E-state index >= 15 is 0 Å². The third-order valence-corrected chi connectivity index (χ3v) is 3.90. The fourth-order valence-electron chi connectivity index (χ4n) is 2.49. The van der Waals surface area contributed by atoms with Crippen molar-refractivity contribution in [3.63, 3.8) is 0 Å². The summed E-state index contributed by atoms with van der Waals surface area (Å²) in [6, 6.07) is -0.661. The first-order valence-corrected chi connectivity index (χ1v) is 8.82. The van der Waals surface area contributed by atoms with Gasteiger partial charge in [-0.2, -0.15) is 0 Å². The van der Waals surface area contributed by atoms with Crippen molar-refractivity contribution in [1.82, 2.24) is 5.32 Å². The first-order valence-electron chi connectivity index (χ1n) is 8.82. The van der Waals surface area contributed by atoms with Crippen LogP contribution in [0.25, 0.3) is 0 Å². The summed E-state index contributed by atoms with van der Waals surface area (Å²) in [5.74, 6) is -1.36. The molecule has 0 aliphatic heterocycles. The Kier molecular flexibility index (Phi) is 19.9. The summed E-state index contributed by atoms with van der Waals surface area (Å²) in [6.45, 7) is 2.92. The van der Waals surface area contributed by atoms with E-state index in [1.807, 2.05) is 0 Å². The van der Waals surface area contributed by atoms with Crippen LogP contribution >= 0.6 is 0 Å². The molecule has 0 rings (SSSR count). The predicted octanol–water partition coefficient (Wildman–Crippen LogP) is 2.83. The normalized spacial score (nSPS) is 11.7. The van der Waals surface area contributed by atoms with E-state index in [1.54, 1.807) is 0 Å². The maximum Gasteiger partial charge on any atom is 0.320 e. The second-order valence-corrected chi connectivity index (χ2v) is 6.03. The Bertz CT molecular complexity index is 302. The molecule has 0 aromatic carbocycles. The molecule has 1 radical (unpaired) electrons. The minimum atomic E-state index is -0.909. The van der Waals surface area contributed by atoms with Crippen LogP contribution in [0.3, 0.4) is 0 Å². The topological polar surface area (TPSA) is 92.4 Å². The largest absolute Gasteiger partial charge is 0.480 e. The molecule has 0 heterocycles. The Morgan fingerprint density at radius 2 is 1.43 bits per heavy atom. The van der Waals surface area contributed by atoms with Gasteiger partial charge < -0.3 is 16.2 Å². The number of carboxylic acids is 1. The number of hydrogen-bond acceptors (Lipinski definition) is 3. The monoisotopic (exact) mass is 337 g/mol. The summed E-state index contributed by atoms with van der Waals surface area (Å²) in [5, 5.41) is 12.0. The molecule has 0 saturated heterocycles. The van der Waals surface area contributed by atoms with E-state index in [0.29, 0.717) is 6.54 Å². The zero-order valence-electron chi connectivity index (χ0n) is 15.1. The van der Waals surface area contributed by atoms with E-state index in [4.69, 9.17) is 10.8 Å². The van der Waals surface area contributed by atoms with Crippen LogP contribution < -0.4 is 11.1 Å². The van der Waals surface area contributed by atoms with Gasteiger partial charge in [0.15, 0.2) is 0 Å². The summed E-state index contributed by atoms with van der Waals surface area (Å²) in [6.07, 6.45) is 13.0. The quantitative estimate of drug-likeness (QED) is 0.298. The molecule has 6 heteroatoms. The summed E-state index contributed by atoms with van der Waals surface area (Å²) >= 11 is 0. The molecule has 1 amide bonds. The van der Waals surface area contributed by atoms with Crippen molar-refractivity contribution in [1.29, 1.82) is 0 Å². The van der Waals surface area contributed by atoms with Crippen molar-refractivity contribution >= 4 is 41.4 Å². The number of carboxylic acid groups (broad SMARTS) is 1. The Morgan fingerprint density at radius 1 is 0.957 bits per heavy atom. The summed E-state index contributed by atoms with van der Waals surface area (Å²) in [7, 11) is 0. The number of amides is 1. The molecule has 0 aromatic heterocycles.